The van der Waals surface area contributed by atoms with E-state index in [1.807, 2.05) is 33.9 Å². The molecule has 124 valence electrons. The molecule has 1 rings (SSSR count). The van der Waals surface area contributed by atoms with Crippen molar-refractivity contribution >= 4 is 20.9 Å². The van der Waals surface area contributed by atoms with Gasteiger partial charge >= 0.3 is 13.3 Å². The second-order valence-corrected chi connectivity index (χ2v) is 11.6. The van der Waals surface area contributed by atoms with Gasteiger partial charge in [0.05, 0.1) is 12.2 Å². The summed E-state index contributed by atoms with van der Waals surface area (Å²) in [5, 5.41) is 18.5. The molecule has 0 saturated carbocycles. The Kier molecular flexibility index (Phi) is 5.55. The molecular formula is C14H22BF3O3Si. The van der Waals surface area contributed by atoms with E-state index in [2.05, 4.69) is 0 Å². The summed E-state index contributed by atoms with van der Waals surface area (Å²) >= 11 is 0. The molecule has 0 aliphatic heterocycles. The first-order valence-electron chi connectivity index (χ1n) is 6.96. The summed E-state index contributed by atoms with van der Waals surface area (Å²) < 4.78 is 44.3. The van der Waals surface area contributed by atoms with Crippen molar-refractivity contribution in [2.45, 2.75) is 51.7 Å². The molecular weight excluding hydrogens is 312 g/mol. The molecule has 0 aromatic heterocycles. The highest BCUT2D eigenvalue weighted by molar-refractivity contribution is 6.74. The lowest BCUT2D eigenvalue weighted by molar-refractivity contribution is -0.137. The maximum atomic E-state index is 12.8. The molecule has 0 fully saturated rings. The van der Waals surface area contributed by atoms with Gasteiger partial charge in [-0.3, -0.25) is 0 Å². The van der Waals surface area contributed by atoms with Crippen LogP contribution in [0.2, 0.25) is 18.1 Å². The van der Waals surface area contributed by atoms with Crippen LogP contribution in [0.3, 0.4) is 0 Å². The van der Waals surface area contributed by atoms with Crippen LogP contribution in [0.1, 0.15) is 31.9 Å². The van der Waals surface area contributed by atoms with Gasteiger partial charge in [-0.15, -0.1) is 0 Å². The van der Waals surface area contributed by atoms with Crippen molar-refractivity contribution in [2.75, 3.05) is 0 Å². The Hall–Kier alpha value is -0.828. The first kappa shape index (κ1) is 19.2. The second kappa shape index (κ2) is 6.35. The van der Waals surface area contributed by atoms with Gasteiger partial charge in [0.1, 0.15) is 0 Å². The third-order valence-electron chi connectivity index (χ3n) is 4.14. The van der Waals surface area contributed by atoms with Gasteiger partial charge in [0.25, 0.3) is 0 Å². The molecule has 22 heavy (non-hydrogen) atoms. The third-order valence-corrected chi connectivity index (χ3v) is 8.62. The van der Waals surface area contributed by atoms with E-state index in [-0.39, 0.29) is 22.7 Å². The minimum atomic E-state index is -4.48. The van der Waals surface area contributed by atoms with Crippen LogP contribution < -0.4 is 5.46 Å². The summed E-state index contributed by atoms with van der Waals surface area (Å²) in [4.78, 5) is 0. The molecule has 2 N–H and O–H groups in total. The van der Waals surface area contributed by atoms with Crippen LogP contribution in [-0.4, -0.2) is 25.5 Å². The summed E-state index contributed by atoms with van der Waals surface area (Å²) in [6.07, 6.45) is -4.48. The maximum Gasteiger partial charge on any atom is 0.488 e. The zero-order chi connectivity index (χ0) is 17.3. The number of alkyl halides is 3. The molecule has 0 aliphatic rings. The number of benzene rings is 1. The molecule has 8 heteroatoms. The SMILES string of the molecule is CC(C)(C)[Si](C)(C)OCc1cc(C(F)(F)F)ccc1B(O)O. The smallest absolute Gasteiger partial charge is 0.423 e. The fourth-order valence-corrected chi connectivity index (χ4v) is 2.58. The molecule has 1 aromatic carbocycles. The average Bonchev–Trinajstić information content (AvgIpc) is 2.33. The monoisotopic (exact) mass is 334 g/mol. The van der Waals surface area contributed by atoms with E-state index in [1.165, 1.54) is 0 Å². The van der Waals surface area contributed by atoms with Crippen molar-refractivity contribution in [2.24, 2.45) is 0 Å². The Morgan fingerprint density at radius 1 is 1.14 bits per heavy atom. The lowest BCUT2D eigenvalue weighted by Crippen LogP contribution is -2.42. The fraction of sp³-hybridized carbons (Fsp3) is 0.571. The van der Waals surface area contributed by atoms with Crippen LogP contribution in [0.4, 0.5) is 13.2 Å². The summed E-state index contributed by atoms with van der Waals surface area (Å²) in [5.74, 6) is 0. The van der Waals surface area contributed by atoms with Crippen molar-refractivity contribution in [1.82, 2.24) is 0 Å². The standard InChI is InChI=1S/C14H22BF3O3Si/c1-13(2,3)22(4,5)21-9-10-8-11(14(16,17)18)6-7-12(10)15(19)20/h6-8,19-20H,9H2,1-5H3. The minimum absolute atomic E-state index is 0.0340. The molecule has 1 aromatic rings. The third kappa shape index (κ3) is 4.58. The molecule has 0 unspecified atom stereocenters. The summed E-state index contributed by atoms with van der Waals surface area (Å²) in [6, 6.07) is 2.84. The quantitative estimate of drug-likeness (QED) is 0.833. The second-order valence-electron chi connectivity index (χ2n) is 6.83. The number of rotatable bonds is 4. The van der Waals surface area contributed by atoms with Crippen molar-refractivity contribution < 1.29 is 27.6 Å². The van der Waals surface area contributed by atoms with E-state index in [1.54, 1.807) is 0 Å². The molecule has 0 atom stereocenters. The van der Waals surface area contributed by atoms with E-state index < -0.39 is 27.2 Å². The van der Waals surface area contributed by atoms with Gasteiger partial charge in [-0.1, -0.05) is 32.9 Å². The molecule has 0 spiro atoms. The Bertz CT molecular complexity index is 525. The first-order chi connectivity index (χ1) is 9.75. The predicted molar refractivity (Wildman–Crippen MR) is 83.3 cm³/mol. The van der Waals surface area contributed by atoms with Crippen molar-refractivity contribution in [3.63, 3.8) is 0 Å². The van der Waals surface area contributed by atoms with Crippen LogP contribution in [0.5, 0.6) is 0 Å². The van der Waals surface area contributed by atoms with Crippen LogP contribution in [0.25, 0.3) is 0 Å². The van der Waals surface area contributed by atoms with Gasteiger partial charge in [-0.05, 0) is 35.2 Å². The van der Waals surface area contributed by atoms with Gasteiger partial charge in [-0.2, -0.15) is 13.2 Å². The molecule has 0 heterocycles. The van der Waals surface area contributed by atoms with E-state index in [0.29, 0.717) is 0 Å². The molecule has 0 amide bonds. The highest BCUT2D eigenvalue weighted by Gasteiger charge is 2.38. The Morgan fingerprint density at radius 3 is 2.09 bits per heavy atom. The Morgan fingerprint density at radius 2 is 1.68 bits per heavy atom. The highest BCUT2D eigenvalue weighted by atomic mass is 28.4. The van der Waals surface area contributed by atoms with Crippen molar-refractivity contribution in [3.05, 3.63) is 29.3 Å². The van der Waals surface area contributed by atoms with E-state index >= 15 is 0 Å². The zero-order valence-corrected chi connectivity index (χ0v) is 14.5. The Labute approximate surface area is 130 Å². The first-order valence-corrected chi connectivity index (χ1v) is 9.86. The largest absolute Gasteiger partial charge is 0.488 e. The number of hydrogen-bond acceptors (Lipinski definition) is 3. The van der Waals surface area contributed by atoms with Gasteiger partial charge in [0.2, 0.25) is 0 Å². The summed E-state index contributed by atoms with van der Waals surface area (Å²) in [6.45, 7) is 9.95. The van der Waals surface area contributed by atoms with Gasteiger partial charge in [-0.25, -0.2) is 0 Å². The molecule has 3 nitrogen and oxygen atoms in total. The minimum Gasteiger partial charge on any atom is -0.423 e. The topological polar surface area (TPSA) is 49.7 Å². The normalized spacial score (nSPS) is 13.4. The number of hydrogen-bond donors (Lipinski definition) is 2. The average molecular weight is 334 g/mol. The molecule has 0 aliphatic carbocycles. The Balaban J connectivity index is 3.11. The predicted octanol–water partition coefficient (Wildman–Crippen LogP) is 2.91. The van der Waals surface area contributed by atoms with Crippen LogP contribution in [0.15, 0.2) is 18.2 Å². The molecule has 0 bridgehead atoms. The van der Waals surface area contributed by atoms with E-state index in [4.69, 9.17) is 4.43 Å². The maximum absolute atomic E-state index is 12.8. The van der Waals surface area contributed by atoms with Gasteiger partial charge in [0, 0.05) is 0 Å². The van der Waals surface area contributed by atoms with Gasteiger partial charge < -0.3 is 14.5 Å². The van der Waals surface area contributed by atoms with Crippen LogP contribution in [-0.2, 0) is 17.2 Å². The summed E-state index contributed by atoms with van der Waals surface area (Å²) in [5.41, 5.74) is -0.646. The fourth-order valence-electron chi connectivity index (χ4n) is 1.63. The lowest BCUT2D eigenvalue weighted by Gasteiger charge is -2.36. The van der Waals surface area contributed by atoms with E-state index in [9.17, 15) is 23.2 Å². The van der Waals surface area contributed by atoms with Gasteiger partial charge in [0.15, 0.2) is 8.32 Å². The molecule has 0 radical (unpaired) electrons. The van der Waals surface area contributed by atoms with Crippen molar-refractivity contribution in [3.8, 4) is 0 Å². The van der Waals surface area contributed by atoms with Crippen LogP contribution >= 0.6 is 0 Å². The van der Waals surface area contributed by atoms with Crippen molar-refractivity contribution in [1.29, 1.82) is 0 Å². The molecule has 0 saturated heterocycles. The number of halogens is 3. The highest BCUT2D eigenvalue weighted by Crippen LogP contribution is 2.37. The van der Waals surface area contributed by atoms with E-state index in [0.717, 1.165) is 18.2 Å². The summed E-state index contributed by atoms with van der Waals surface area (Å²) in [7, 11) is -3.99. The van der Waals surface area contributed by atoms with Crippen LogP contribution in [0, 0.1) is 0 Å². The lowest BCUT2D eigenvalue weighted by atomic mass is 9.76. The zero-order valence-electron chi connectivity index (χ0n) is 13.5.